The van der Waals surface area contributed by atoms with Crippen LogP contribution in [0.4, 0.5) is 0 Å². The van der Waals surface area contributed by atoms with Crippen molar-refractivity contribution in [2.75, 3.05) is 20.3 Å². The normalized spacial score (nSPS) is 16.8. The maximum atomic E-state index is 12.3. The highest BCUT2D eigenvalue weighted by atomic mass is 79.9. The van der Waals surface area contributed by atoms with Gasteiger partial charge in [0, 0.05) is 29.2 Å². The van der Waals surface area contributed by atoms with Gasteiger partial charge in [0.2, 0.25) is 0 Å². The van der Waals surface area contributed by atoms with Crippen LogP contribution in [0.15, 0.2) is 22.7 Å². The molecule has 2 rings (SSSR count). The maximum absolute atomic E-state index is 12.3. The minimum Gasteiger partial charge on any atom is -0.497 e. The Kier molecular flexibility index (Phi) is 4.18. The van der Waals surface area contributed by atoms with Crippen LogP contribution in [0.2, 0.25) is 0 Å². The minimum absolute atomic E-state index is 0.0912. The third-order valence-corrected chi connectivity index (χ3v) is 3.69. The van der Waals surface area contributed by atoms with Crippen molar-refractivity contribution in [2.24, 2.45) is 5.92 Å². The van der Waals surface area contributed by atoms with Crippen molar-refractivity contribution < 1.29 is 14.3 Å². The van der Waals surface area contributed by atoms with Gasteiger partial charge in [-0.25, -0.2) is 0 Å². The Morgan fingerprint density at radius 3 is 2.71 bits per heavy atom. The van der Waals surface area contributed by atoms with Gasteiger partial charge < -0.3 is 9.47 Å². The average Bonchev–Trinajstić information content (AvgIpc) is 2.39. The first-order valence-corrected chi connectivity index (χ1v) is 6.47. The van der Waals surface area contributed by atoms with E-state index in [4.69, 9.17) is 9.47 Å². The van der Waals surface area contributed by atoms with Gasteiger partial charge in [0.1, 0.15) is 5.75 Å². The van der Waals surface area contributed by atoms with Gasteiger partial charge in [-0.15, -0.1) is 0 Å². The Hall–Kier alpha value is -0.870. The number of hydrogen-bond donors (Lipinski definition) is 0. The van der Waals surface area contributed by atoms with E-state index in [-0.39, 0.29) is 11.7 Å². The molecule has 1 aliphatic rings. The third-order valence-electron chi connectivity index (χ3n) is 3.03. The number of ether oxygens (including phenoxy) is 2. The highest BCUT2D eigenvalue weighted by Gasteiger charge is 2.24. The maximum Gasteiger partial charge on any atom is 0.167 e. The number of carbonyl (C=O) groups is 1. The highest BCUT2D eigenvalue weighted by molar-refractivity contribution is 9.10. The summed E-state index contributed by atoms with van der Waals surface area (Å²) in [4.78, 5) is 12.3. The van der Waals surface area contributed by atoms with Gasteiger partial charge in [0.15, 0.2) is 5.78 Å². The molecule has 0 bridgehead atoms. The molecule has 0 atom stereocenters. The summed E-state index contributed by atoms with van der Waals surface area (Å²) in [6.07, 6.45) is 1.63. The molecule has 0 saturated carbocycles. The lowest BCUT2D eigenvalue weighted by Gasteiger charge is -2.21. The molecule has 92 valence electrons. The van der Waals surface area contributed by atoms with Crippen LogP contribution in [-0.4, -0.2) is 26.1 Å². The Balaban J connectivity index is 2.18. The summed E-state index contributed by atoms with van der Waals surface area (Å²) in [6, 6.07) is 5.46. The number of benzene rings is 1. The molecular weight excluding hydrogens is 284 g/mol. The van der Waals surface area contributed by atoms with Crippen LogP contribution >= 0.6 is 15.9 Å². The van der Waals surface area contributed by atoms with Crippen molar-refractivity contribution in [2.45, 2.75) is 12.8 Å². The molecule has 1 fully saturated rings. The fourth-order valence-electron chi connectivity index (χ4n) is 2.00. The Morgan fingerprint density at radius 2 is 2.12 bits per heavy atom. The molecule has 0 aliphatic carbocycles. The van der Waals surface area contributed by atoms with E-state index in [9.17, 15) is 4.79 Å². The zero-order valence-corrected chi connectivity index (χ0v) is 11.3. The van der Waals surface area contributed by atoms with E-state index >= 15 is 0 Å². The van der Waals surface area contributed by atoms with Crippen molar-refractivity contribution in [3.05, 3.63) is 28.2 Å². The van der Waals surface area contributed by atoms with Crippen LogP contribution in [-0.2, 0) is 4.74 Å². The number of halogens is 1. The summed E-state index contributed by atoms with van der Waals surface area (Å²) in [5.74, 6) is 1.04. The summed E-state index contributed by atoms with van der Waals surface area (Å²) in [5, 5.41) is 0. The fourth-order valence-corrected chi connectivity index (χ4v) is 2.56. The van der Waals surface area contributed by atoms with Crippen molar-refractivity contribution in [3.8, 4) is 5.75 Å². The fraction of sp³-hybridized carbons (Fsp3) is 0.462. The molecule has 0 spiro atoms. The smallest absolute Gasteiger partial charge is 0.167 e. The van der Waals surface area contributed by atoms with Crippen LogP contribution in [0.1, 0.15) is 23.2 Å². The van der Waals surface area contributed by atoms with E-state index in [1.54, 1.807) is 7.11 Å². The first kappa shape index (κ1) is 12.6. The lowest BCUT2D eigenvalue weighted by molar-refractivity contribution is 0.0544. The second-order valence-corrected chi connectivity index (χ2v) is 4.95. The molecule has 0 amide bonds. The Labute approximate surface area is 109 Å². The van der Waals surface area contributed by atoms with Gasteiger partial charge in [-0.3, -0.25) is 4.79 Å². The molecule has 1 aliphatic heterocycles. The van der Waals surface area contributed by atoms with Crippen molar-refractivity contribution >= 4 is 21.7 Å². The number of ketones is 1. The number of carbonyl (C=O) groups excluding carboxylic acids is 1. The number of Topliss-reactive ketones (excluding diaryl/α,β-unsaturated/α-hetero) is 1. The van der Waals surface area contributed by atoms with Crippen LogP contribution < -0.4 is 4.74 Å². The molecule has 1 aromatic rings. The van der Waals surface area contributed by atoms with Crippen molar-refractivity contribution in [3.63, 3.8) is 0 Å². The van der Waals surface area contributed by atoms with Gasteiger partial charge in [0.25, 0.3) is 0 Å². The van der Waals surface area contributed by atoms with E-state index in [1.165, 1.54) is 0 Å². The van der Waals surface area contributed by atoms with Crippen LogP contribution in [0, 0.1) is 5.92 Å². The van der Waals surface area contributed by atoms with Crippen molar-refractivity contribution in [1.29, 1.82) is 0 Å². The van der Waals surface area contributed by atoms with E-state index in [0.717, 1.165) is 28.6 Å². The van der Waals surface area contributed by atoms with E-state index in [1.807, 2.05) is 18.2 Å². The second-order valence-electron chi connectivity index (χ2n) is 4.10. The summed E-state index contributed by atoms with van der Waals surface area (Å²) in [6.45, 7) is 1.37. The molecule has 1 saturated heterocycles. The monoisotopic (exact) mass is 298 g/mol. The molecule has 17 heavy (non-hydrogen) atoms. The molecule has 1 aromatic carbocycles. The van der Waals surface area contributed by atoms with Crippen molar-refractivity contribution in [1.82, 2.24) is 0 Å². The topological polar surface area (TPSA) is 35.5 Å². The summed E-state index contributed by atoms with van der Waals surface area (Å²) < 4.78 is 11.2. The largest absolute Gasteiger partial charge is 0.497 e. The molecule has 0 N–H and O–H groups in total. The summed E-state index contributed by atoms with van der Waals surface area (Å²) >= 11 is 3.42. The first-order valence-electron chi connectivity index (χ1n) is 5.68. The molecule has 1 heterocycles. The van der Waals surface area contributed by atoms with Gasteiger partial charge >= 0.3 is 0 Å². The van der Waals surface area contributed by atoms with E-state index in [0.29, 0.717) is 13.2 Å². The standard InChI is InChI=1S/C13H15BrO3/c1-16-10-2-3-11(12(14)8-10)13(15)9-4-6-17-7-5-9/h2-3,8-9H,4-7H2,1H3. The van der Waals surface area contributed by atoms with Crippen LogP contribution in [0.5, 0.6) is 5.75 Å². The van der Waals surface area contributed by atoms with Gasteiger partial charge in [0.05, 0.1) is 7.11 Å². The lowest BCUT2D eigenvalue weighted by atomic mass is 9.91. The van der Waals surface area contributed by atoms with Gasteiger partial charge in [-0.2, -0.15) is 0 Å². The van der Waals surface area contributed by atoms with Gasteiger partial charge in [-0.05, 0) is 47.0 Å². The Morgan fingerprint density at radius 1 is 1.41 bits per heavy atom. The zero-order chi connectivity index (χ0) is 12.3. The first-order chi connectivity index (χ1) is 8.22. The van der Waals surface area contributed by atoms with E-state index in [2.05, 4.69) is 15.9 Å². The third kappa shape index (κ3) is 2.87. The zero-order valence-electron chi connectivity index (χ0n) is 9.74. The molecule has 3 nitrogen and oxygen atoms in total. The predicted octanol–water partition coefficient (Wildman–Crippen LogP) is 3.07. The SMILES string of the molecule is COc1ccc(C(=O)C2CCOCC2)c(Br)c1. The minimum atomic E-state index is 0.0912. The van der Waals surface area contributed by atoms with Crippen LogP contribution in [0.25, 0.3) is 0 Å². The molecule has 0 radical (unpaired) electrons. The molecule has 0 aromatic heterocycles. The number of methoxy groups -OCH3 is 1. The molecule has 4 heteroatoms. The summed E-state index contributed by atoms with van der Waals surface area (Å²) in [7, 11) is 1.61. The van der Waals surface area contributed by atoms with Gasteiger partial charge in [-0.1, -0.05) is 0 Å². The van der Waals surface area contributed by atoms with E-state index < -0.39 is 0 Å². The Bertz CT molecular complexity index is 411. The number of hydrogen-bond acceptors (Lipinski definition) is 3. The predicted molar refractivity (Wildman–Crippen MR) is 68.6 cm³/mol. The molecular formula is C13H15BrO3. The average molecular weight is 299 g/mol. The molecule has 0 unspecified atom stereocenters. The lowest BCUT2D eigenvalue weighted by Crippen LogP contribution is -2.23. The highest BCUT2D eigenvalue weighted by Crippen LogP contribution is 2.28. The number of rotatable bonds is 3. The second kappa shape index (κ2) is 5.65. The summed E-state index contributed by atoms with van der Waals surface area (Å²) in [5.41, 5.74) is 0.734. The van der Waals surface area contributed by atoms with Crippen LogP contribution in [0.3, 0.4) is 0 Å². The quantitative estimate of drug-likeness (QED) is 0.805.